The fourth-order valence-corrected chi connectivity index (χ4v) is 5.95. The van der Waals surface area contributed by atoms with Gasteiger partial charge in [-0.25, -0.2) is 8.42 Å². The summed E-state index contributed by atoms with van der Waals surface area (Å²) >= 11 is 0. The number of benzene rings is 2. The van der Waals surface area contributed by atoms with Crippen LogP contribution in [0.5, 0.6) is 0 Å². The molecule has 0 bridgehead atoms. The molecule has 2 fully saturated rings. The van der Waals surface area contributed by atoms with Gasteiger partial charge in [0.05, 0.1) is 10.8 Å². The van der Waals surface area contributed by atoms with Gasteiger partial charge in [-0.15, -0.1) is 0 Å². The molecule has 0 spiro atoms. The van der Waals surface area contributed by atoms with Crippen LogP contribution in [0.15, 0.2) is 53.4 Å². The molecule has 164 valence electrons. The number of hydrogen-bond donors (Lipinski definition) is 1. The van der Waals surface area contributed by atoms with Crippen molar-refractivity contribution in [3.8, 4) is 0 Å². The Kier molecular flexibility index (Phi) is 6.11. The second kappa shape index (κ2) is 8.80. The van der Waals surface area contributed by atoms with E-state index in [-0.39, 0.29) is 23.1 Å². The minimum atomic E-state index is -3.60. The molecule has 8 heteroatoms. The fourth-order valence-electron chi connectivity index (χ4n) is 4.19. The number of carbonyl (C=O) groups excluding carboxylic acids is 2. The van der Waals surface area contributed by atoms with Gasteiger partial charge in [0.15, 0.2) is 0 Å². The van der Waals surface area contributed by atoms with Crippen molar-refractivity contribution in [3.05, 3.63) is 54.1 Å². The maximum Gasteiger partial charge on any atom is 0.243 e. The van der Waals surface area contributed by atoms with E-state index in [2.05, 4.69) is 5.32 Å². The summed E-state index contributed by atoms with van der Waals surface area (Å²) in [4.78, 5) is 27.1. The van der Waals surface area contributed by atoms with Gasteiger partial charge in [0.2, 0.25) is 21.8 Å². The molecule has 1 atom stereocenters. The van der Waals surface area contributed by atoms with Crippen molar-refractivity contribution in [3.63, 3.8) is 0 Å². The van der Waals surface area contributed by atoms with E-state index in [1.54, 1.807) is 24.0 Å². The number of carbonyl (C=O) groups is 2. The van der Waals surface area contributed by atoms with E-state index in [1.165, 1.54) is 10.4 Å². The lowest BCUT2D eigenvalue weighted by Crippen LogP contribution is -2.36. The Labute approximate surface area is 183 Å². The standard InChI is InChI=1S/C23H27N3O4S/c1-17-10-11-19(15-21(17)31(29,30)25-12-6-3-7-13-25)24-23(28)18-14-22(27)26(16-18)20-8-4-2-5-9-20/h2,4-5,8-11,15,18H,3,6-7,12-14,16H2,1H3,(H,24,28). The molecule has 1 N–H and O–H groups in total. The van der Waals surface area contributed by atoms with Crippen LogP contribution in [0.25, 0.3) is 0 Å². The molecular weight excluding hydrogens is 414 g/mol. The van der Waals surface area contributed by atoms with Crippen LogP contribution < -0.4 is 10.2 Å². The Morgan fingerprint density at radius 3 is 2.45 bits per heavy atom. The molecule has 7 nitrogen and oxygen atoms in total. The number of aryl methyl sites for hydroxylation is 1. The lowest BCUT2D eigenvalue weighted by Gasteiger charge is -2.26. The van der Waals surface area contributed by atoms with Crippen LogP contribution >= 0.6 is 0 Å². The second-order valence-electron chi connectivity index (χ2n) is 8.18. The van der Waals surface area contributed by atoms with Gasteiger partial charge in [-0.1, -0.05) is 30.7 Å². The van der Waals surface area contributed by atoms with Crippen LogP contribution in [0.3, 0.4) is 0 Å². The zero-order valence-electron chi connectivity index (χ0n) is 17.6. The topological polar surface area (TPSA) is 86.8 Å². The van der Waals surface area contributed by atoms with Gasteiger partial charge < -0.3 is 10.2 Å². The molecule has 31 heavy (non-hydrogen) atoms. The van der Waals surface area contributed by atoms with E-state index >= 15 is 0 Å². The Balaban J connectivity index is 1.49. The van der Waals surface area contributed by atoms with Gasteiger partial charge in [-0.05, 0) is 49.6 Å². The zero-order chi connectivity index (χ0) is 22.0. The molecule has 2 saturated heterocycles. The van der Waals surface area contributed by atoms with Crippen molar-refractivity contribution < 1.29 is 18.0 Å². The van der Waals surface area contributed by atoms with Crippen molar-refractivity contribution >= 4 is 33.2 Å². The monoisotopic (exact) mass is 441 g/mol. The summed E-state index contributed by atoms with van der Waals surface area (Å²) in [6.45, 7) is 3.12. The molecule has 0 radical (unpaired) electrons. The van der Waals surface area contributed by atoms with Crippen LogP contribution in [-0.2, 0) is 19.6 Å². The van der Waals surface area contributed by atoms with E-state index in [9.17, 15) is 18.0 Å². The highest BCUT2D eigenvalue weighted by atomic mass is 32.2. The minimum absolute atomic E-state index is 0.0939. The number of hydrogen-bond acceptors (Lipinski definition) is 4. The van der Waals surface area contributed by atoms with Gasteiger partial charge in [-0.2, -0.15) is 4.31 Å². The average molecular weight is 442 g/mol. The maximum absolute atomic E-state index is 13.1. The highest BCUT2D eigenvalue weighted by molar-refractivity contribution is 7.89. The van der Waals surface area contributed by atoms with Crippen LogP contribution in [0.2, 0.25) is 0 Å². The Hall–Kier alpha value is -2.71. The molecule has 2 aromatic carbocycles. The number of rotatable bonds is 5. The summed E-state index contributed by atoms with van der Waals surface area (Å²) in [7, 11) is -3.60. The van der Waals surface area contributed by atoms with E-state index in [4.69, 9.17) is 0 Å². The number of anilines is 2. The first-order chi connectivity index (χ1) is 14.9. The maximum atomic E-state index is 13.1. The molecule has 2 aromatic rings. The third-order valence-corrected chi connectivity index (χ3v) is 7.99. The van der Waals surface area contributed by atoms with Gasteiger partial charge in [-0.3, -0.25) is 9.59 Å². The summed E-state index contributed by atoms with van der Waals surface area (Å²) in [6.07, 6.45) is 2.90. The lowest BCUT2D eigenvalue weighted by molar-refractivity contribution is -0.122. The Morgan fingerprint density at radius 1 is 1.03 bits per heavy atom. The highest BCUT2D eigenvalue weighted by Gasteiger charge is 2.35. The second-order valence-corrected chi connectivity index (χ2v) is 10.1. The van der Waals surface area contributed by atoms with Gasteiger partial charge in [0.1, 0.15) is 0 Å². The van der Waals surface area contributed by atoms with Crippen LogP contribution in [0.4, 0.5) is 11.4 Å². The number of para-hydroxylation sites is 1. The Bertz CT molecular complexity index is 1080. The molecule has 0 saturated carbocycles. The molecule has 0 aromatic heterocycles. The summed E-state index contributed by atoms with van der Waals surface area (Å²) in [5.74, 6) is -0.864. The third kappa shape index (κ3) is 4.50. The largest absolute Gasteiger partial charge is 0.326 e. The van der Waals surface area contributed by atoms with Crippen molar-refractivity contribution in [2.75, 3.05) is 29.9 Å². The van der Waals surface area contributed by atoms with Gasteiger partial charge in [0.25, 0.3) is 0 Å². The average Bonchev–Trinajstić information content (AvgIpc) is 3.18. The first-order valence-electron chi connectivity index (χ1n) is 10.6. The fraction of sp³-hybridized carbons (Fsp3) is 0.391. The molecule has 2 amide bonds. The normalized spacial score (nSPS) is 20.1. The lowest BCUT2D eigenvalue weighted by atomic mass is 10.1. The summed E-state index contributed by atoms with van der Waals surface area (Å²) in [6, 6.07) is 14.2. The van der Waals surface area contributed by atoms with Crippen molar-refractivity contribution in [1.29, 1.82) is 0 Å². The molecule has 0 aliphatic carbocycles. The number of amides is 2. The quantitative estimate of drug-likeness (QED) is 0.772. The zero-order valence-corrected chi connectivity index (χ0v) is 18.4. The molecule has 1 unspecified atom stereocenters. The highest BCUT2D eigenvalue weighted by Crippen LogP contribution is 2.28. The van der Waals surface area contributed by atoms with E-state index in [1.807, 2.05) is 30.3 Å². The number of sulfonamides is 1. The summed E-state index contributed by atoms with van der Waals surface area (Å²) in [5, 5.41) is 2.82. The number of piperidine rings is 1. The predicted octanol–water partition coefficient (Wildman–Crippen LogP) is 3.16. The van der Waals surface area contributed by atoms with E-state index in [0.29, 0.717) is 30.9 Å². The summed E-state index contributed by atoms with van der Waals surface area (Å²) < 4.78 is 27.7. The number of nitrogens with one attached hydrogen (secondary N) is 1. The molecule has 4 rings (SSSR count). The molecule has 2 heterocycles. The first-order valence-corrected chi connectivity index (χ1v) is 12.1. The molecule has 2 aliphatic rings. The number of nitrogens with zero attached hydrogens (tertiary/aromatic N) is 2. The van der Waals surface area contributed by atoms with Gasteiger partial charge in [0, 0.05) is 37.4 Å². The summed E-state index contributed by atoms with van der Waals surface area (Å²) in [5.41, 5.74) is 1.85. The van der Waals surface area contributed by atoms with Crippen LogP contribution in [0, 0.1) is 12.8 Å². The predicted molar refractivity (Wildman–Crippen MR) is 119 cm³/mol. The van der Waals surface area contributed by atoms with Crippen molar-refractivity contribution in [1.82, 2.24) is 4.31 Å². The first kappa shape index (κ1) is 21.5. The smallest absolute Gasteiger partial charge is 0.243 e. The Morgan fingerprint density at radius 2 is 1.74 bits per heavy atom. The van der Waals surface area contributed by atoms with Crippen molar-refractivity contribution in [2.45, 2.75) is 37.5 Å². The van der Waals surface area contributed by atoms with E-state index < -0.39 is 15.9 Å². The molecule has 2 aliphatic heterocycles. The van der Waals surface area contributed by atoms with Gasteiger partial charge >= 0.3 is 0 Å². The van der Waals surface area contributed by atoms with Crippen LogP contribution in [0.1, 0.15) is 31.2 Å². The third-order valence-electron chi connectivity index (χ3n) is 5.95. The minimum Gasteiger partial charge on any atom is -0.326 e. The molecular formula is C23H27N3O4S. The van der Waals surface area contributed by atoms with E-state index in [0.717, 1.165) is 24.9 Å². The SMILES string of the molecule is Cc1ccc(NC(=O)C2CC(=O)N(c3ccccc3)C2)cc1S(=O)(=O)N1CCCCC1. The van der Waals surface area contributed by atoms with Crippen molar-refractivity contribution in [2.24, 2.45) is 5.92 Å². The van der Waals surface area contributed by atoms with Crippen LogP contribution in [-0.4, -0.2) is 44.2 Å².